The molecule has 0 unspecified atom stereocenters. The molecule has 0 aliphatic heterocycles. The second kappa shape index (κ2) is 5.41. The van der Waals surface area contributed by atoms with Crippen molar-refractivity contribution in [3.63, 3.8) is 0 Å². The summed E-state index contributed by atoms with van der Waals surface area (Å²) < 4.78 is 2.59. The van der Waals surface area contributed by atoms with E-state index in [1.165, 1.54) is 0 Å². The van der Waals surface area contributed by atoms with Gasteiger partial charge in [0.1, 0.15) is 0 Å². The number of nitrogens with two attached hydrogens (primary N) is 1. The number of fused-ring (bicyclic) bond motifs is 1. The number of pyridine rings is 1. The normalized spacial score (nSPS) is 11.0. The van der Waals surface area contributed by atoms with Gasteiger partial charge in [-0.15, -0.1) is 0 Å². The maximum absolute atomic E-state index is 11.6. The molecule has 106 valence electrons. The minimum Gasteiger partial charge on any atom is -0.392 e. The highest BCUT2D eigenvalue weighted by atomic mass is 127. The lowest BCUT2D eigenvalue weighted by molar-refractivity contribution is 0.0996. The van der Waals surface area contributed by atoms with E-state index in [9.17, 15) is 9.90 Å². The largest absolute Gasteiger partial charge is 0.392 e. The van der Waals surface area contributed by atoms with Crippen LogP contribution in [0.25, 0.3) is 16.7 Å². The highest BCUT2D eigenvalue weighted by Gasteiger charge is 2.17. The number of aliphatic hydroxyl groups excluding tert-OH is 1. The van der Waals surface area contributed by atoms with E-state index in [1.54, 1.807) is 29.1 Å². The summed E-state index contributed by atoms with van der Waals surface area (Å²) in [5.74, 6) is -0.00406. The van der Waals surface area contributed by atoms with Crippen molar-refractivity contribution in [1.82, 2.24) is 14.8 Å². The lowest BCUT2D eigenvalue weighted by atomic mass is 10.1. The molecule has 0 aliphatic rings. The number of halogens is 1. The minimum atomic E-state index is -0.612. The molecule has 7 heteroatoms. The van der Waals surface area contributed by atoms with Crippen molar-refractivity contribution in [3.8, 4) is 5.82 Å². The SMILES string of the molecule is NC(=O)c1nn(-c2cc(I)ccn2)c2ccc(CO)cc12. The van der Waals surface area contributed by atoms with Crippen LogP contribution in [0.4, 0.5) is 0 Å². The van der Waals surface area contributed by atoms with Crippen LogP contribution in [0.1, 0.15) is 16.1 Å². The number of hydrogen-bond acceptors (Lipinski definition) is 4. The maximum Gasteiger partial charge on any atom is 0.269 e. The van der Waals surface area contributed by atoms with Crippen LogP contribution in [0, 0.1) is 3.57 Å². The highest BCUT2D eigenvalue weighted by Crippen LogP contribution is 2.23. The van der Waals surface area contributed by atoms with Crippen LogP contribution in [0.15, 0.2) is 36.5 Å². The summed E-state index contributed by atoms with van der Waals surface area (Å²) >= 11 is 2.18. The van der Waals surface area contributed by atoms with Gasteiger partial charge in [-0.05, 0) is 52.4 Å². The Morgan fingerprint density at radius 1 is 1.33 bits per heavy atom. The molecule has 6 nitrogen and oxygen atoms in total. The number of primary amides is 1. The van der Waals surface area contributed by atoms with E-state index in [1.807, 2.05) is 12.1 Å². The van der Waals surface area contributed by atoms with Crippen molar-refractivity contribution in [2.24, 2.45) is 5.73 Å². The van der Waals surface area contributed by atoms with Gasteiger partial charge in [-0.3, -0.25) is 4.79 Å². The zero-order chi connectivity index (χ0) is 15.0. The summed E-state index contributed by atoms with van der Waals surface area (Å²) in [5.41, 5.74) is 6.97. The Labute approximate surface area is 133 Å². The third-order valence-electron chi connectivity index (χ3n) is 3.08. The average Bonchev–Trinajstić information content (AvgIpc) is 2.86. The topological polar surface area (TPSA) is 94.0 Å². The van der Waals surface area contributed by atoms with Crippen LogP contribution in [0.5, 0.6) is 0 Å². The zero-order valence-electron chi connectivity index (χ0n) is 10.8. The molecule has 0 radical (unpaired) electrons. The fraction of sp³-hybridized carbons (Fsp3) is 0.0714. The summed E-state index contributed by atoms with van der Waals surface area (Å²) in [6.45, 7) is -0.110. The fourth-order valence-electron chi connectivity index (χ4n) is 2.13. The zero-order valence-corrected chi connectivity index (χ0v) is 13.0. The van der Waals surface area contributed by atoms with Crippen molar-refractivity contribution >= 4 is 39.4 Å². The van der Waals surface area contributed by atoms with E-state index in [2.05, 4.69) is 32.7 Å². The van der Waals surface area contributed by atoms with Gasteiger partial charge in [-0.2, -0.15) is 5.10 Å². The van der Waals surface area contributed by atoms with Crippen molar-refractivity contribution in [2.45, 2.75) is 6.61 Å². The van der Waals surface area contributed by atoms with Crippen LogP contribution in [0.2, 0.25) is 0 Å². The molecule has 2 aromatic heterocycles. The number of rotatable bonds is 3. The van der Waals surface area contributed by atoms with Gasteiger partial charge in [0.05, 0.1) is 12.1 Å². The molecule has 0 saturated heterocycles. The molecular formula is C14H11IN4O2. The van der Waals surface area contributed by atoms with Gasteiger partial charge in [-0.25, -0.2) is 9.67 Å². The summed E-state index contributed by atoms with van der Waals surface area (Å²) in [6.07, 6.45) is 1.68. The lowest BCUT2D eigenvalue weighted by Gasteiger charge is -2.03. The van der Waals surface area contributed by atoms with Crippen LogP contribution in [0.3, 0.4) is 0 Å². The minimum absolute atomic E-state index is 0.110. The first-order valence-corrected chi connectivity index (χ1v) is 7.22. The Morgan fingerprint density at radius 3 is 2.81 bits per heavy atom. The molecule has 3 rings (SSSR count). The molecule has 3 N–H and O–H groups in total. The van der Waals surface area contributed by atoms with Gasteiger partial charge in [-0.1, -0.05) is 6.07 Å². The van der Waals surface area contributed by atoms with Crippen molar-refractivity contribution < 1.29 is 9.90 Å². The molecule has 0 fully saturated rings. The van der Waals surface area contributed by atoms with Gasteiger partial charge in [0, 0.05) is 15.2 Å². The standard InChI is InChI=1S/C14H11IN4O2/c15-9-3-4-17-12(6-9)19-11-2-1-8(7-20)5-10(11)13(18-19)14(16)21/h1-6,20H,7H2,(H2,16,21). The monoisotopic (exact) mass is 394 g/mol. The van der Waals surface area contributed by atoms with E-state index in [0.29, 0.717) is 16.8 Å². The Hall–Kier alpha value is -2.00. The number of nitrogens with zero attached hydrogens (tertiary/aromatic N) is 3. The van der Waals surface area contributed by atoms with Gasteiger partial charge in [0.2, 0.25) is 0 Å². The summed E-state index contributed by atoms with van der Waals surface area (Å²) in [7, 11) is 0. The first-order chi connectivity index (χ1) is 10.1. The van der Waals surface area contributed by atoms with Gasteiger partial charge in [0.15, 0.2) is 11.5 Å². The third kappa shape index (κ3) is 2.49. The lowest BCUT2D eigenvalue weighted by Crippen LogP contribution is -2.12. The fourth-order valence-corrected chi connectivity index (χ4v) is 2.57. The van der Waals surface area contributed by atoms with Crippen LogP contribution >= 0.6 is 22.6 Å². The van der Waals surface area contributed by atoms with E-state index in [-0.39, 0.29) is 12.3 Å². The predicted molar refractivity (Wildman–Crippen MR) is 86.0 cm³/mol. The van der Waals surface area contributed by atoms with E-state index in [0.717, 1.165) is 9.09 Å². The van der Waals surface area contributed by atoms with Crippen LogP contribution in [-0.4, -0.2) is 25.8 Å². The second-order valence-corrected chi connectivity index (χ2v) is 5.71. The molecule has 0 spiro atoms. The van der Waals surface area contributed by atoms with Crippen molar-refractivity contribution in [1.29, 1.82) is 0 Å². The van der Waals surface area contributed by atoms with E-state index in [4.69, 9.17) is 5.73 Å². The second-order valence-electron chi connectivity index (χ2n) is 4.47. The Balaban J connectivity index is 2.31. The van der Waals surface area contributed by atoms with E-state index < -0.39 is 5.91 Å². The smallest absolute Gasteiger partial charge is 0.269 e. The Morgan fingerprint density at radius 2 is 2.14 bits per heavy atom. The summed E-state index contributed by atoms with van der Waals surface area (Å²) in [5, 5.41) is 14.1. The molecule has 3 aromatic rings. The Bertz CT molecular complexity index is 844. The van der Waals surface area contributed by atoms with E-state index >= 15 is 0 Å². The van der Waals surface area contributed by atoms with Gasteiger partial charge in [0.25, 0.3) is 5.91 Å². The van der Waals surface area contributed by atoms with Crippen LogP contribution < -0.4 is 5.73 Å². The molecule has 0 aliphatic carbocycles. The van der Waals surface area contributed by atoms with Crippen LogP contribution in [-0.2, 0) is 6.61 Å². The van der Waals surface area contributed by atoms with Crippen molar-refractivity contribution in [3.05, 3.63) is 51.4 Å². The number of hydrogen-bond donors (Lipinski definition) is 2. The number of benzene rings is 1. The molecule has 1 amide bonds. The molecule has 2 heterocycles. The number of amides is 1. The quantitative estimate of drug-likeness (QED) is 0.661. The summed E-state index contributed by atoms with van der Waals surface area (Å²) in [4.78, 5) is 15.9. The summed E-state index contributed by atoms with van der Waals surface area (Å²) in [6, 6.07) is 9.01. The molecule has 0 bridgehead atoms. The number of carbonyl (C=O) groups excluding carboxylic acids is 1. The highest BCUT2D eigenvalue weighted by molar-refractivity contribution is 14.1. The molecule has 21 heavy (non-hydrogen) atoms. The molecule has 0 atom stereocenters. The van der Waals surface area contributed by atoms with Gasteiger partial charge < -0.3 is 10.8 Å². The molecule has 0 saturated carbocycles. The third-order valence-corrected chi connectivity index (χ3v) is 3.76. The molecular weight excluding hydrogens is 383 g/mol. The molecule has 1 aromatic carbocycles. The van der Waals surface area contributed by atoms with Crippen molar-refractivity contribution in [2.75, 3.05) is 0 Å². The number of aromatic nitrogens is 3. The number of aliphatic hydroxyl groups is 1. The van der Waals surface area contributed by atoms with Gasteiger partial charge >= 0.3 is 0 Å². The first kappa shape index (κ1) is 14.0. The Kier molecular flexibility index (Phi) is 3.60. The number of carbonyl (C=O) groups is 1. The first-order valence-electron chi connectivity index (χ1n) is 6.14. The maximum atomic E-state index is 11.6. The average molecular weight is 394 g/mol. The predicted octanol–water partition coefficient (Wildman–Crippen LogP) is 1.62.